The van der Waals surface area contributed by atoms with Gasteiger partial charge in [0.25, 0.3) is 5.91 Å². The van der Waals surface area contributed by atoms with E-state index in [4.69, 9.17) is 0 Å². The number of nitrogens with one attached hydrogen (secondary N) is 1. The molecule has 138 valence electrons. The van der Waals surface area contributed by atoms with Crippen LogP contribution in [-0.4, -0.2) is 29.0 Å². The number of hydrogen-bond acceptors (Lipinski definition) is 5. The molecule has 0 unspecified atom stereocenters. The topological polar surface area (TPSA) is 58.1 Å². The van der Waals surface area contributed by atoms with Gasteiger partial charge < -0.3 is 4.90 Å². The molecule has 4 rings (SSSR count). The minimum absolute atomic E-state index is 0.161. The third-order valence-corrected chi connectivity index (χ3v) is 5.58. The first-order valence-electron chi connectivity index (χ1n) is 9.16. The number of carbonyl (C=O) groups excluding carboxylic acids is 1. The molecule has 1 aromatic carbocycles. The van der Waals surface area contributed by atoms with E-state index in [2.05, 4.69) is 52.2 Å². The Morgan fingerprint density at radius 1 is 1.19 bits per heavy atom. The van der Waals surface area contributed by atoms with Crippen molar-refractivity contribution < 1.29 is 4.79 Å². The summed E-state index contributed by atoms with van der Waals surface area (Å²) in [6.07, 6.45) is 4.03. The molecule has 3 aromatic rings. The monoisotopic (exact) mass is 378 g/mol. The number of anilines is 2. The fraction of sp³-hybridized carbons (Fsp3) is 0.286. The van der Waals surface area contributed by atoms with Crippen LogP contribution in [0.1, 0.15) is 34.3 Å². The van der Waals surface area contributed by atoms with E-state index in [0.29, 0.717) is 10.7 Å². The van der Waals surface area contributed by atoms with Crippen LogP contribution in [0.4, 0.5) is 10.9 Å². The van der Waals surface area contributed by atoms with E-state index in [9.17, 15) is 4.79 Å². The normalized spacial score (nSPS) is 13.8. The number of benzene rings is 1. The molecule has 0 radical (unpaired) electrons. The molecule has 1 fully saturated rings. The Labute approximate surface area is 163 Å². The van der Waals surface area contributed by atoms with Crippen molar-refractivity contribution in [1.82, 2.24) is 9.97 Å². The highest BCUT2D eigenvalue weighted by Gasteiger charge is 2.21. The summed E-state index contributed by atoms with van der Waals surface area (Å²) in [5.41, 5.74) is 4.99. The second-order valence-electron chi connectivity index (χ2n) is 6.88. The van der Waals surface area contributed by atoms with E-state index in [1.807, 2.05) is 11.4 Å². The van der Waals surface area contributed by atoms with E-state index in [0.717, 1.165) is 43.0 Å². The predicted molar refractivity (Wildman–Crippen MR) is 111 cm³/mol. The fourth-order valence-electron chi connectivity index (χ4n) is 3.48. The standard InChI is InChI=1S/C21H22N4OS/c1-14-7-8-16(15(2)12-14)18-13-27-21(23-18)24-20(26)17-6-5-9-22-19(17)25-10-3-4-11-25/h5-9,12-13H,3-4,10-11H2,1-2H3,(H,23,24,26). The van der Waals surface area contributed by atoms with Crippen LogP contribution >= 0.6 is 11.3 Å². The van der Waals surface area contributed by atoms with Crippen LogP contribution in [0.2, 0.25) is 0 Å². The molecular weight excluding hydrogens is 356 g/mol. The summed E-state index contributed by atoms with van der Waals surface area (Å²) in [6, 6.07) is 9.94. The molecule has 1 N–H and O–H groups in total. The van der Waals surface area contributed by atoms with E-state index in [1.54, 1.807) is 12.3 Å². The summed E-state index contributed by atoms with van der Waals surface area (Å²) >= 11 is 1.44. The first kappa shape index (κ1) is 17.7. The Balaban J connectivity index is 1.55. The Hall–Kier alpha value is -2.73. The largest absolute Gasteiger partial charge is 0.356 e. The van der Waals surface area contributed by atoms with Gasteiger partial charge in [0.05, 0.1) is 11.3 Å². The van der Waals surface area contributed by atoms with Gasteiger partial charge in [0.2, 0.25) is 0 Å². The summed E-state index contributed by atoms with van der Waals surface area (Å²) < 4.78 is 0. The molecule has 2 aromatic heterocycles. The molecule has 1 aliphatic rings. The fourth-order valence-corrected chi connectivity index (χ4v) is 4.18. The lowest BCUT2D eigenvalue weighted by Crippen LogP contribution is -2.24. The maximum atomic E-state index is 12.8. The third kappa shape index (κ3) is 3.71. The SMILES string of the molecule is Cc1ccc(-c2csc(NC(=O)c3cccnc3N3CCCC3)n2)c(C)c1. The van der Waals surface area contributed by atoms with Crippen LogP contribution in [0.5, 0.6) is 0 Å². The molecule has 0 atom stereocenters. The minimum Gasteiger partial charge on any atom is -0.356 e. The number of aromatic nitrogens is 2. The average molecular weight is 379 g/mol. The van der Waals surface area contributed by atoms with Gasteiger partial charge >= 0.3 is 0 Å². The third-order valence-electron chi connectivity index (χ3n) is 4.82. The lowest BCUT2D eigenvalue weighted by Gasteiger charge is -2.19. The van der Waals surface area contributed by atoms with Crippen LogP contribution in [0.15, 0.2) is 41.9 Å². The first-order valence-corrected chi connectivity index (χ1v) is 10.0. The van der Waals surface area contributed by atoms with Crippen LogP contribution in [0, 0.1) is 13.8 Å². The average Bonchev–Trinajstić information content (AvgIpc) is 3.34. The van der Waals surface area contributed by atoms with E-state index < -0.39 is 0 Å². The van der Waals surface area contributed by atoms with Gasteiger partial charge in [-0.2, -0.15) is 0 Å². The molecule has 27 heavy (non-hydrogen) atoms. The molecule has 0 spiro atoms. The van der Waals surface area contributed by atoms with Crippen molar-refractivity contribution in [2.24, 2.45) is 0 Å². The van der Waals surface area contributed by atoms with Gasteiger partial charge in [0.1, 0.15) is 5.82 Å². The maximum Gasteiger partial charge on any atom is 0.261 e. The quantitative estimate of drug-likeness (QED) is 0.716. The molecule has 1 saturated heterocycles. The van der Waals surface area contributed by atoms with Gasteiger partial charge in [-0.05, 0) is 44.4 Å². The Morgan fingerprint density at radius 2 is 2.00 bits per heavy atom. The van der Waals surface area contributed by atoms with Crippen LogP contribution in [0.25, 0.3) is 11.3 Å². The Bertz CT molecular complexity index is 976. The highest BCUT2D eigenvalue weighted by atomic mass is 32.1. The summed E-state index contributed by atoms with van der Waals surface area (Å²) in [5, 5.41) is 5.53. The zero-order chi connectivity index (χ0) is 18.8. The summed E-state index contributed by atoms with van der Waals surface area (Å²) in [5.74, 6) is 0.602. The molecule has 0 bridgehead atoms. The molecule has 1 amide bonds. The van der Waals surface area contributed by atoms with Gasteiger partial charge in [-0.15, -0.1) is 11.3 Å². The van der Waals surface area contributed by atoms with Gasteiger partial charge in [0.15, 0.2) is 5.13 Å². The number of rotatable bonds is 4. The van der Waals surface area contributed by atoms with Gasteiger partial charge in [-0.3, -0.25) is 10.1 Å². The van der Waals surface area contributed by atoms with Crippen molar-refractivity contribution in [1.29, 1.82) is 0 Å². The van der Waals surface area contributed by atoms with Crippen LogP contribution < -0.4 is 10.2 Å². The second-order valence-corrected chi connectivity index (χ2v) is 7.74. The zero-order valence-electron chi connectivity index (χ0n) is 15.5. The Kier molecular flexibility index (Phi) is 4.90. The van der Waals surface area contributed by atoms with Crippen molar-refractivity contribution in [2.45, 2.75) is 26.7 Å². The summed E-state index contributed by atoms with van der Waals surface area (Å²) in [4.78, 5) is 24.1. The zero-order valence-corrected chi connectivity index (χ0v) is 16.3. The van der Waals surface area contributed by atoms with Gasteiger partial charge in [0, 0.05) is 30.2 Å². The highest BCUT2D eigenvalue weighted by molar-refractivity contribution is 7.14. The Morgan fingerprint density at radius 3 is 2.78 bits per heavy atom. The molecule has 1 aliphatic heterocycles. The number of pyridine rings is 1. The molecular formula is C21H22N4OS. The number of hydrogen-bond donors (Lipinski definition) is 1. The predicted octanol–water partition coefficient (Wildman–Crippen LogP) is 4.67. The number of aryl methyl sites for hydroxylation is 2. The van der Waals surface area contributed by atoms with E-state index >= 15 is 0 Å². The number of thiazole rings is 1. The van der Waals surface area contributed by atoms with E-state index in [1.165, 1.54) is 22.5 Å². The maximum absolute atomic E-state index is 12.8. The van der Waals surface area contributed by atoms with Crippen molar-refractivity contribution in [3.8, 4) is 11.3 Å². The van der Waals surface area contributed by atoms with Gasteiger partial charge in [-0.25, -0.2) is 9.97 Å². The first-order chi connectivity index (χ1) is 13.1. The molecule has 6 heteroatoms. The lowest BCUT2D eigenvalue weighted by molar-refractivity contribution is 0.102. The van der Waals surface area contributed by atoms with Crippen LogP contribution in [0.3, 0.4) is 0 Å². The number of amides is 1. The van der Waals surface area contributed by atoms with E-state index in [-0.39, 0.29) is 5.91 Å². The lowest BCUT2D eigenvalue weighted by atomic mass is 10.0. The number of carbonyl (C=O) groups is 1. The van der Waals surface area contributed by atoms with Gasteiger partial charge in [-0.1, -0.05) is 23.8 Å². The smallest absolute Gasteiger partial charge is 0.261 e. The second kappa shape index (κ2) is 7.48. The van der Waals surface area contributed by atoms with Crippen molar-refractivity contribution in [2.75, 3.05) is 23.3 Å². The summed E-state index contributed by atoms with van der Waals surface area (Å²) in [6.45, 7) is 6.06. The molecule has 0 aliphatic carbocycles. The number of nitrogens with zero attached hydrogens (tertiary/aromatic N) is 3. The molecule has 0 saturated carbocycles. The molecule has 5 nitrogen and oxygen atoms in total. The minimum atomic E-state index is -0.161. The van der Waals surface area contributed by atoms with Crippen molar-refractivity contribution in [3.63, 3.8) is 0 Å². The van der Waals surface area contributed by atoms with Crippen molar-refractivity contribution >= 4 is 28.2 Å². The summed E-state index contributed by atoms with van der Waals surface area (Å²) in [7, 11) is 0. The van der Waals surface area contributed by atoms with Crippen LogP contribution in [-0.2, 0) is 0 Å². The van der Waals surface area contributed by atoms with Crippen molar-refractivity contribution in [3.05, 3.63) is 58.6 Å². The molecule has 3 heterocycles. The highest BCUT2D eigenvalue weighted by Crippen LogP contribution is 2.29.